The van der Waals surface area contributed by atoms with Gasteiger partial charge < -0.3 is 4.90 Å². The number of hydrogen-bond donors (Lipinski definition) is 0. The number of nitrogens with zero attached hydrogens (tertiary/aromatic N) is 4. The van der Waals surface area contributed by atoms with Gasteiger partial charge in [-0.3, -0.25) is 0 Å². The largest absolute Gasteiger partial charge is 0.339 e. The van der Waals surface area contributed by atoms with Crippen LogP contribution in [-0.2, 0) is 6.42 Å². The monoisotopic (exact) mass is 754 g/mol. The second kappa shape index (κ2) is 14.7. The maximum absolute atomic E-state index is 5.25. The summed E-state index contributed by atoms with van der Waals surface area (Å²) in [5, 5.41) is 1.23. The van der Waals surface area contributed by atoms with Crippen molar-refractivity contribution in [3.05, 3.63) is 218 Å². The van der Waals surface area contributed by atoms with Crippen molar-refractivity contribution in [3.8, 4) is 78.5 Å². The van der Waals surface area contributed by atoms with E-state index < -0.39 is 0 Å². The second-order valence-electron chi connectivity index (χ2n) is 15.2. The minimum Gasteiger partial charge on any atom is -0.339 e. The van der Waals surface area contributed by atoms with E-state index in [0.29, 0.717) is 11.9 Å². The summed E-state index contributed by atoms with van der Waals surface area (Å²) in [6, 6.07) is 66.6. The molecule has 0 saturated heterocycles. The quantitative estimate of drug-likeness (QED) is 0.162. The normalized spacial score (nSPS) is 14.0. The van der Waals surface area contributed by atoms with Crippen LogP contribution in [0.5, 0.6) is 0 Å². The minimum atomic E-state index is 0.312. The predicted molar refractivity (Wildman–Crippen MR) is 244 cm³/mol. The Morgan fingerprint density at radius 2 is 0.915 bits per heavy atom. The van der Waals surface area contributed by atoms with Crippen LogP contribution in [0.4, 0.5) is 5.69 Å². The van der Waals surface area contributed by atoms with Crippen LogP contribution >= 0.6 is 0 Å². The van der Waals surface area contributed by atoms with Crippen LogP contribution in [0, 0.1) is 0 Å². The van der Waals surface area contributed by atoms with E-state index in [0.717, 1.165) is 62.4 Å². The molecule has 4 heterocycles. The number of pyridine rings is 1. The van der Waals surface area contributed by atoms with Crippen molar-refractivity contribution in [2.45, 2.75) is 12.5 Å². The molecular formula is C55H38N4. The first-order valence-corrected chi connectivity index (χ1v) is 20.2. The van der Waals surface area contributed by atoms with Gasteiger partial charge in [-0.25, -0.2) is 15.0 Å². The van der Waals surface area contributed by atoms with E-state index in [2.05, 4.69) is 205 Å². The van der Waals surface area contributed by atoms with Gasteiger partial charge in [0.2, 0.25) is 0 Å². The summed E-state index contributed by atoms with van der Waals surface area (Å²) in [6.07, 6.45) is 9.73. The molecule has 59 heavy (non-hydrogen) atoms. The summed E-state index contributed by atoms with van der Waals surface area (Å²) in [7, 11) is 0. The number of fused-ring (bicyclic) bond motifs is 5. The number of aromatic nitrogens is 3. The molecule has 278 valence electrons. The fourth-order valence-electron chi connectivity index (χ4n) is 8.57. The smallest absolute Gasteiger partial charge is 0.160 e. The Morgan fingerprint density at radius 1 is 0.407 bits per heavy atom. The van der Waals surface area contributed by atoms with Crippen molar-refractivity contribution in [3.63, 3.8) is 0 Å². The van der Waals surface area contributed by atoms with E-state index in [4.69, 9.17) is 15.0 Å². The number of hydrogen-bond acceptors (Lipinski definition) is 4. The van der Waals surface area contributed by atoms with Crippen molar-refractivity contribution in [1.82, 2.24) is 15.0 Å². The topological polar surface area (TPSA) is 41.9 Å². The zero-order valence-electron chi connectivity index (χ0n) is 32.3. The Bertz CT molecular complexity index is 2940. The summed E-state index contributed by atoms with van der Waals surface area (Å²) in [5.74, 6) is 0.685. The summed E-state index contributed by atoms with van der Waals surface area (Å²) < 4.78 is 0. The molecule has 0 spiro atoms. The number of rotatable bonds is 7. The Balaban J connectivity index is 0.960. The van der Waals surface area contributed by atoms with E-state index in [1.165, 1.54) is 38.9 Å². The molecule has 2 aromatic heterocycles. The molecule has 0 amide bonds. The van der Waals surface area contributed by atoms with Crippen molar-refractivity contribution < 1.29 is 0 Å². The Kier molecular flexibility index (Phi) is 8.59. The fourth-order valence-corrected chi connectivity index (χ4v) is 8.57. The lowest BCUT2D eigenvalue weighted by atomic mass is 9.97. The van der Waals surface area contributed by atoms with E-state index in [1.807, 2.05) is 12.1 Å². The third-order valence-electron chi connectivity index (χ3n) is 11.6. The van der Waals surface area contributed by atoms with Gasteiger partial charge in [-0.05, 0) is 69.6 Å². The average molecular weight is 755 g/mol. The molecule has 0 bridgehead atoms. The van der Waals surface area contributed by atoms with Crippen molar-refractivity contribution in [1.29, 1.82) is 0 Å². The van der Waals surface area contributed by atoms with E-state index in [9.17, 15) is 0 Å². The highest BCUT2D eigenvalue weighted by Gasteiger charge is 2.32. The molecule has 11 rings (SSSR count). The van der Waals surface area contributed by atoms with E-state index >= 15 is 0 Å². The molecule has 0 radical (unpaired) electrons. The zero-order valence-corrected chi connectivity index (χ0v) is 32.3. The third-order valence-corrected chi connectivity index (χ3v) is 11.6. The molecule has 0 saturated carbocycles. The minimum absolute atomic E-state index is 0.312. The van der Waals surface area contributed by atoms with Crippen LogP contribution in [0.1, 0.15) is 5.56 Å². The molecular weight excluding hydrogens is 717 g/mol. The number of allylic oxidation sites excluding steroid dienone is 2. The highest BCUT2D eigenvalue weighted by molar-refractivity contribution is 5.96. The van der Waals surface area contributed by atoms with Crippen LogP contribution in [0.3, 0.4) is 0 Å². The van der Waals surface area contributed by atoms with Gasteiger partial charge in [0, 0.05) is 33.8 Å². The first-order chi connectivity index (χ1) is 29.2. The zero-order chi connectivity index (χ0) is 39.1. The van der Waals surface area contributed by atoms with Gasteiger partial charge in [0.25, 0.3) is 0 Å². The summed E-state index contributed by atoms with van der Waals surface area (Å²) in [5.41, 5.74) is 17.5. The second-order valence-corrected chi connectivity index (χ2v) is 15.2. The van der Waals surface area contributed by atoms with Crippen LogP contribution in [0.15, 0.2) is 212 Å². The van der Waals surface area contributed by atoms with Crippen LogP contribution in [-0.4, -0.2) is 21.0 Å². The summed E-state index contributed by atoms with van der Waals surface area (Å²) >= 11 is 0. The first kappa shape index (κ1) is 34.5. The molecule has 0 N–H and O–H groups in total. The number of benzene rings is 7. The van der Waals surface area contributed by atoms with Gasteiger partial charge in [-0.1, -0.05) is 182 Å². The Hall–Kier alpha value is -7.69. The SMILES string of the molecule is C1=CC2Cc3c(c(-c4ccc(-c5cccc(-c6nc(-c7ccc(-c8ccccc8)cc7)cc(-c7ccc(-c8ccccc8)cc7)n6)c5)cc4)nc4ccccc34)N2C=C1. The van der Waals surface area contributed by atoms with Crippen molar-refractivity contribution in [2.75, 3.05) is 4.90 Å². The standard InChI is InChI=1S/C55H38N4/c1-3-12-37(13-4-1)39-21-27-42(28-22-39)51-36-52(43-29-23-40(24-30-43)38-14-5-2-6-15-38)58-55(57-51)46-17-11-16-45(34-46)41-25-31-44(32-26-41)53-54-49(35-47-18-9-10-33-59(47)54)48-19-7-8-20-50(48)56-53/h1-34,36,47H,35H2. The van der Waals surface area contributed by atoms with Crippen molar-refractivity contribution in [2.24, 2.45) is 0 Å². The van der Waals surface area contributed by atoms with E-state index in [1.54, 1.807) is 0 Å². The highest BCUT2D eigenvalue weighted by atomic mass is 15.2. The van der Waals surface area contributed by atoms with Gasteiger partial charge in [-0.2, -0.15) is 0 Å². The average Bonchev–Trinajstić information content (AvgIpc) is 3.72. The molecule has 0 fully saturated rings. The van der Waals surface area contributed by atoms with Gasteiger partial charge in [0.05, 0.1) is 34.3 Å². The number of para-hydroxylation sites is 1. The maximum atomic E-state index is 5.25. The molecule has 4 nitrogen and oxygen atoms in total. The van der Waals surface area contributed by atoms with Crippen LogP contribution in [0.2, 0.25) is 0 Å². The van der Waals surface area contributed by atoms with Crippen LogP contribution in [0.25, 0.3) is 89.4 Å². The van der Waals surface area contributed by atoms with Gasteiger partial charge >= 0.3 is 0 Å². The Labute approximate surface area is 344 Å². The predicted octanol–water partition coefficient (Wildman–Crippen LogP) is 13.5. The van der Waals surface area contributed by atoms with Gasteiger partial charge in [0.1, 0.15) is 0 Å². The molecule has 1 unspecified atom stereocenters. The molecule has 7 aromatic carbocycles. The molecule has 9 aromatic rings. The van der Waals surface area contributed by atoms with Gasteiger partial charge in [0.15, 0.2) is 5.82 Å². The molecule has 4 heteroatoms. The lowest BCUT2D eigenvalue weighted by Gasteiger charge is -2.25. The van der Waals surface area contributed by atoms with Crippen molar-refractivity contribution >= 4 is 16.6 Å². The van der Waals surface area contributed by atoms with E-state index in [-0.39, 0.29) is 0 Å². The van der Waals surface area contributed by atoms with Crippen LogP contribution < -0.4 is 4.90 Å². The third kappa shape index (κ3) is 6.51. The molecule has 2 aliphatic heterocycles. The molecule has 0 aliphatic carbocycles. The summed E-state index contributed by atoms with van der Waals surface area (Å²) in [6.45, 7) is 0. The van der Waals surface area contributed by atoms with Gasteiger partial charge in [-0.15, -0.1) is 0 Å². The molecule has 2 aliphatic rings. The first-order valence-electron chi connectivity index (χ1n) is 20.2. The lowest BCUT2D eigenvalue weighted by Crippen LogP contribution is -2.26. The maximum Gasteiger partial charge on any atom is 0.160 e. The molecule has 1 atom stereocenters. The number of anilines is 1. The highest BCUT2D eigenvalue weighted by Crippen LogP contribution is 2.45. The lowest BCUT2D eigenvalue weighted by molar-refractivity contribution is 0.822. The fraction of sp³-hybridized carbons (Fsp3) is 0.0364. The summed E-state index contributed by atoms with van der Waals surface area (Å²) in [4.78, 5) is 18.1. The Morgan fingerprint density at radius 3 is 1.56 bits per heavy atom.